The Balaban J connectivity index is 2.00. The van der Waals surface area contributed by atoms with E-state index >= 15 is 0 Å². The predicted octanol–water partition coefficient (Wildman–Crippen LogP) is 3.40. The first-order valence-electron chi connectivity index (χ1n) is 10.0. The molecule has 2 aromatic carbocycles. The molecule has 0 saturated carbocycles. The molecule has 32 heavy (non-hydrogen) atoms. The van der Waals surface area contributed by atoms with E-state index in [0.717, 1.165) is 11.6 Å². The van der Waals surface area contributed by atoms with E-state index in [4.69, 9.17) is 9.47 Å². The zero-order valence-electron chi connectivity index (χ0n) is 18.2. The minimum absolute atomic E-state index is 0.0183. The van der Waals surface area contributed by atoms with Crippen molar-refractivity contribution >= 4 is 23.7 Å². The largest absolute Gasteiger partial charge is 0.457 e. The van der Waals surface area contributed by atoms with Crippen LogP contribution in [0.2, 0.25) is 0 Å². The zero-order valence-corrected chi connectivity index (χ0v) is 18.2. The summed E-state index contributed by atoms with van der Waals surface area (Å²) in [4.78, 5) is 36.6. The van der Waals surface area contributed by atoms with Gasteiger partial charge < -0.3 is 25.2 Å². The molecule has 172 valence electrons. The van der Waals surface area contributed by atoms with Crippen LogP contribution < -0.4 is 10.6 Å². The van der Waals surface area contributed by atoms with Gasteiger partial charge in [0.25, 0.3) is 0 Å². The molecule has 3 N–H and O–H groups in total. The van der Waals surface area contributed by atoms with Gasteiger partial charge in [0.05, 0.1) is 11.3 Å². The number of aliphatic hydroxyl groups excluding tert-OH is 1. The summed E-state index contributed by atoms with van der Waals surface area (Å²) < 4.78 is 24.7. The Bertz CT molecular complexity index is 943. The highest BCUT2D eigenvalue weighted by Crippen LogP contribution is 2.18. The van der Waals surface area contributed by atoms with Crippen molar-refractivity contribution in [2.45, 2.75) is 45.4 Å². The second-order valence-electron chi connectivity index (χ2n) is 7.96. The number of anilines is 1. The van der Waals surface area contributed by atoms with Crippen LogP contribution in [0, 0.1) is 5.82 Å². The molecule has 0 saturated heterocycles. The Morgan fingerprint density at radius 3 is 2.38 bits per heavy atom. The Morgan fingerprint density at radius 1 is 1.09 bits per heavy atom. The third-order valence-electron chi connectivity index (χ3n) is 4.10. The van der Waals surface area contributed by atoms with Gasteiger partial charge >= 0.3 is 12.1 Å². The molecule has 0 aliphatic rings. The van der Waals surface area contributed by atoms with E-state index in [1.165, 1.54) is 12.1 Å². The third kappa shape index (κ3) is 7.99. The fraction of sp³-hybridized carbons (Fsp3) is 0.348. The quantitative estimate of drug-likeness (QED) is 0.536. The zero-order chi connectivity index (χ0) is 23.7. The van der Waals surface area contributed by atoms with Crippen molar-refractivity contribution in [1.29, 1.82) is 0 Å². The van der Waals surface area contributed by atoms with Gasteiger partial charge in [-0.1, -0.05) is 30.3 Å². The van der Waals surface area contributed by atoms with E-state index in [1.54, 1.807) is 32.9 Å². The lowest BCUT2D eigenvalue weighted by molar-refractivity contribution is -0.118. The Labute approximate surface area is 185 Å². The average molecular weight is 446 g/mol. The van der Waals surface area contributed by atoms with Crippen LogP contribution in [0.15, 0.2) is 48.5 Å². The molecule has 8 nitrogen and oxygen atoms in total. The second-order valence-corrected chi connectivity index (χ2v) is 7.96. The number of nitrogens with one attached hydrogen (secondary N) is 2. The van der Waals surface area contributed by atoms with Gasteiger partial charge in [0, 0.05) is 6.61 Å². The normalized spacial score (nSPS) is 11.9. The van der Waals surface area contributed by atoms with Gasteiger partial charge in [-0.25, -0.2) is 14.0 Å². The summed E-state index contributed by atoms with van der Waals surface area (Å²) in [7, 11) is 0. The van der Waals surface area contributed by atoms with Gasteiger partial charge in [-0.2, -0.15) is 0 Å². The molecule has 2 aromatic rings. The minimum atomic E-state index is -1.15. The molecule has 9 heteroatoms. The number of alkyl carbamates (subject to hydrolysis) is 1. The van der Waals surface area contributed by atoms with Gasteiger partial charge in [-0.05, 0) is 51.0 Å². The first-order valence-corrected chi connectivity index (χ1v) is 10.0. The van der Waals surface area contributed by atoms with E-state index < -0.39 is 35.4 Å². The predicted molar refractivity (Wildman–Crippen MR) is 115 cm³/mol. The Morgan fingerprint density at radius 2 is 1.78 bits per heavy atom. The number of aliphatic hydroxyl groups is 1. The van der Waals surface area contributed by atoms with Crippen LogP contribution in [-0.2, 0) is 20.9 Å². The molecule has 0 aliphatic carbocycles. The van der Waals surface area contributed by atoms with Crippen LogP contribution in [-0.4, -0.2) is 41.3 Å². The van der Waals surface area contributed by atoms with Crippen molar-refractivity contribution in [2.75, 3.05) is 11.9 Å². The highest BCUT2D eigenvalue weighted by Gasteiger charge is 2.25. The molecular formula is C23H27FN2O6. The molecule has 0 spiro atoms. The van der Waals surface area contributed by atoms with Crippen molar-refractivity contribution in [3.63, 3.8) is 0 Å². The lowest BCUT2D eigenvalue weighted by atomic mass is 10.1. The van der Waals surface area contributed by atoms with Crippen LogP contribution in [0.1, 0.15) is 43.1 Å². The van der Waals surface area contributed by atoms with Gasteiger partial charge in [0.15, 0.2) is 0 Å². The van der Waals surface area contributed by atoms with E-state index in [2.05, 4.69) is 10.6 Å². The maximum absolute atomic E-state index is 14.5. The minimum Gasteiger partial charge on any atom is -0.457 e. The standard InChI is InChI=1S/C23H27FN2O6/c1-23(2,3)32-22(30)26-19(11-12-27)20(28)25-18-10-9-16(13-17(18)24)21(29)31-14-15-7-5-4-6-8-15/h4-10,13,19,27H,11-12,14H2,1-3H3,(H,25,28)(H,26,30)/t19-/m0/s1. The number of hydrogen-bond acceptors (Lipinski definition) is 6. The fourth-order valence-corrected chi connectivity index (χ4v) is 2.62. The number of esters is 1. The highest BCUT2D eigenvalue weighted by molar-refractivity contribution is 5.97. The summed E-state index contributed by atoms with van der Waals surface area (Å²) in [6, 6.07) is 11.4. The number of hydrogen-bond donors (Lipinski definition) is 3. The smallest absolute Gasteiger partial charge is 0.408 e. The maximum atomic E-state index is 14.5. The highest BCUT2D eigenvalue weighted by atomic mass is 19.1. The number of halogens is 1. The van der Waals surface area contributed by atoms with Crippen molar-refractivity contribution in [3.05, 3.63) is 65.5 Å². The van der Waals surface area contributed by atoms with Crippen molar-refractivity contribution < 1.29 is 33.4 Å². The van der Waals surface area contributed by atoms with E-state index in [-0.39, 0.29) is 30.9 Å². The van der Waals surface area contributed by atoms with E-state index in [1.807, 2.05) is 18.2 Å². The number of benzene rings is 2. The van der Waals surface area contributed by atoms with Gasteiger partial charge in [0.2, 0.25) is 5.91 Å². The second kappa shape index (κ2) is 11.2. The first-order chi connectivity index (χ1) is 15.1. The Hall–Kier alpha value is -3.46. The molecular weight excluding hydrogens is 419 g/mol. The summed E-state index contributed by atoms with van der Waals surface area (Å²) >= 11 is 0. The molecule has 2 amide bonds. The third-order valence-corrected chi connectivity index (χ3v) is 4.10. The maximum Gasteiger partial charge on any atom is 0.408 e. The topological polar surface area (TPSA) is 114 Å². The molecule has 1 atom stereocenters. The summed E-state index contributed by atoms with van der Waals surface area (Å²) in [5.41, 5.74) is -0.196. The molecule has 0 heterocycles. The van der Waals surface area contributed by atoms with Crippen LogP contribution >= 0.6 is 0 Å². The van der Waals surface area contributed by atoms with Crippen LogP contribution in [0.5, 0.6) is 0 Å². The van der Waals surface area contributed by atoms with E-state index in [9.17, 15) is 23.9 Å². The van der Waals surface area contributed by atoms with Crippen LogP contribution in [0.25, 0.3) is 0 Å². The van der Waals surface area contributed by atoms with Gasteiger partial charge in [-0.3, -0.25) is 4.79 Å². The lowest BCUT2D eigenvalue weighted by Gasteiger charge is -2.23. The molecule has 0 aliphatic heterocycles. The number of ether oxygens (including phenoxy) is 2. The van der Waals surface area contributed by atoms with E-state index in [0.29, 0.717) is 0 Å². The molecule has 2 rings (SSSR count). The van der Waals surface area contributed by atoms with Crippen molar-refractivity contribution in [3.8, 4) is 0 Å². The van der Waals surface area contributed by atoms with Crippen LogP contribution in [0.3, 0.4) is 0 Å². The summed E-state index contributed by atoms with van der Waals surface area (Å²) in [6.45, 7) is 4.64. The van der Waals surface area contributed by atoms with Crippen molar-refractivity contribution in [2.24, 2.45) is 0 Å². The average Bonchev–Trinajstić information content (AvgIpc) is 2.72. The molecule has 0 fully saturated rings. The van der Waals surface area contributed by atoms with Crippen molar-refractivity contribution in [1.82, 2.24) is 5.32 Å². The summed E-state index contributed by atoms with van der Waals surface area (Å²) in [6.07, 6.45) is -0.945. The van der Waals surface area contributed by atoms with Gasteiger partial charge in [-0.15, -0.1) is 0 Å². The summed E-state index contributed by atoms with van der Waals surface area (Å²) in [5.74, 6) is -2.31. The Kier molecular flexibility index (Phi) is 8.71. The molecule has 0 aromatic heterocycles. The molecule has 0 unspecified atom stereocenters. The lowest BCUT2D eigenvalue weighted by Crippen LogP contribution is -2.46. The molecule has 0 radical (unpaired) electrons. The van der Waals surface area contributed by atoms with Gasteiger partial charge in [0.1, 0.15) is 24.1 Å². The number of carbonyl (C=O) groups excluding carboxylic acids is 3. The molecule has 0 bridgehead atoms. The fourth-order valence-electron chi connectivity index (χ4n) is 2.62. The number of rotatable bonds is 8. The number of carbonyl (C=O) groups is 3. The monoisotopic (exact) mass is 446 g/mol. The number of amides is 2. The first kappa shape index (κ1) is 24.8. The summed E-state index contributed by atoms with van der Waals surface area (Å²) in [5, 5.41) is 13.9. The SMILES string of the molecule is CC(C)(C)OC(=O)N[C@@H](CCO)C(=O)Nc1ccc(C(=O)OCc2ccccc2)cc1F. The van der Waals surface area contributed by atoms with Crippen LogP contribution in [0.4, 0.5) is 14.9 Å².